The molecule has 7 nitrogen and oxygen atoms in total. The van der Waals surface area contributed by atoms with Gasteiger partial charge in [0, 0.05) is 17.8 Å². The Bertz CT molecular complexity index is 832. The summed E-state index contributed by atoms with van der Waals surface area (Å²) in [5, 5.41) is 10.3. The van der Waals surface area contributed by atoms with Gasteiger partial charge in [0.1, 0.15) is 6.04 Å². The molecule has 7 atom stereocenters. The summed E-state index contributed by atoms with van der Waals surface area (Å²) in [5.74, 6) is -1.89. The highest BCUT2D eigenvalue weighted by molar-refractivity contribution is 8.02. The maximum atomic E-state index is 14.3. The number of thioether (sulfide) groups is 1. The summed E-state index contributed by atoms with van der Waals surface area (Å²) in [7, 11) is 0. The van der Waals surface area contributed by atoms with Gasteiger partial charge in [-0.3, -0.25) is 14.4 Å². The van der Waals surface area contributed by atoms with Crippen LogP contribution in [-0.2, 0) is 19.1 Å². The van der Waals surface area contributed by atoms with Gasteiger partial charge in [0.25, 0.3) is 0 Å². The second-order valence-corrected chi connectivity index (χ2v) is 12.1. The minimum absolute atomic E-state index is 0.00667. The molecule has 0 aromatic carbocycles. The number of aliphatic hydroxyl groups is 1. The zero-order valence-electron chi connectivity index (χ0n) is 21.7. The molecule has 2 amide bonds. The quantitative estimate of drug-likeness (QED) is 0.234. The molecule has 35 heavy (non-hydrogen) atoms. The fourth-order valence-electron chi connectivity index (χ4n) is 6.31. The van der Waals surface area contributed by atoms with E-state index < -0.39 is 28.7 Å². The van der Waals surface area contributed by atoms with Crippen LogP contribution in [0, 0.1) is 17.8 Å². The van der Waals surface area contributed by atoms with Crippen molar-refractivity contribution in [1.82, 2.24) is 9.80 Å². The Kier molecular flexibility index (Phi) is 9.13. The van der Waals surface area contributed by atoms with E-state index in [0.29, 0.717) is 19.4 Å². The van der Waals surface area contributed by atoms with Crippen molar-refractivity contribution in [2.24, 2.45) is 17.8 Å². The van der Waals surface area contributed by atoms with Crippen LogP contribution in [0.25, 0.3) is 0 Å². The Balaban J connectivity index is 2.06. The Morgan fingerprint density at radius 1 is 1.31 bits per heavy atom. The number of nitrogens with zero attached hydrogens (tertiary/aromatic N) is 2. The molecule has 3 aliphatic heterocycles. The van der Waals surface area contributed by atoms with Gasteiger partial charge in [0.15, 0.2) is 0 Å². The Morgan fingerprint density at radius 3 is 2.60 bits per heavy atom. The molecule has 8 heteroatoms. The van der Waals surface area contributed by atoms with Gasteiger partial charge >= 0.3 is 5.97 Å². The standard InChI is InChI=1S/C27H42N2O5S/c1-7-10-15-34-26(33)21-20-12-13-27(35-20)22(21)24(31)29(19(16-30)17(4)5)23(27)25(32)28(14-9-3)18(6)11-8-2/h7,9,17-23,30H,1,3,8,10-16H2,2,4-6H3/t18?,19-,20+,21-,22-,23?,27?/m0/s1. The highest BCUT2D eigenvalue weighted by Crippen LogP contribution is 2.67. The van der Waals surface area contributed by atoms with Gasteiger partial charge in [-0.05, 0) is 38.5 Å². The van der Waals surface area contributed by atoms with Crippen LogP contribution in [0.4, 0.5) is 0 Å². The average Bonchev–Trinajstić information content (AvgIpc) is 3.45. The predicted molar refractivity (Wildman–Crippen MR) is 139 cm³/mol. The maximum Gasteiger partial charge on any atom is 0.310 e. The van der Waals surface area contributed by atoms with Crippen LogP contribution in [0.1, 0.15) is 59.8 Å². The number of amides is 2. The first kappa shape index (κ1) is 27.8. The van der Waals surface area contributed by atoms with Crippen LogP contribution in [0.3, 0.4) is 0 Å². The molecule has 0 radical (unpaired) electrons. The number of hydrogen-bond acceptors (Lipinski definition) is 6. The van der Waals surface area contributed by atoms with Crippen LogP contribution in [-0.4, -0.2) is 80.6 Å². The predicted octanol–water partition coefficient (Wildman–Crippen LogP) is 3.42. The van der Waals surface area contributed by atoms with Crippen LogP contribution in [0.15, 0.2) is 25.3 Å². The normalized spacial score (nSPS) is 30.8. The fourth-order valence-corrected chi connectivity index (χ4v) is 8.50. The number of likely N-dealkylation sites (tertiary alicyclic amines) is 1. The van der Waals surface area contributed by atoms with Crippen LogP contribution >= 0.6 is 11.8 Å². The monoisotopic (exact) mass is 506 g/mol. The molecule has 1 N–H and O–H groups in total. The number of esters is 1. The number of fused-ring (bicyclic) bond motifs is 1. The highest BCUT2D eigenvalue weighted by Gasteiger charge is 2.75. The Labute approximate surface area is 214 Å². The molecule has 196 valence electrons. The summed E-state index contributed by atoms with van der Waals surface area (Å²) < 4.78 is 4.86. The largest absolute Gasteiger partial charge is 0.465 e. The van der Waals surface area contributed by atoms with E-state index in [0.717, 1.165) is 19.3 Å². The molecule has 3 aliphatic rings. The number of carbonyl (C=O) groups excluding carboxylic acids is 3. The molecule has 0 aliphatic carbocycles. The van der Waals surface area contributed by atoms with Crippen LogP contribution < -0.4 is 0 Å². The third-order valence-electron chi connectivity index (χ3n) is 7.97. The van der Waals surface area contributed by atoms with Crippen molar-refractivity contribution in [3.05, 3.63) is 25.3 Å². The van der Waals surface area contributed by atoms with E-state index in [2.05, 4.69) is 20.1 Å². The molecule has 3 unspecified atom stereocenters. The summed E-state index contributed by atoms with van der Waals surface area (Å²) in [6.07, 6.45) is 7.22. The molecule has 1 spiro atoms. The van der Waals surface area contributed by atoms with Gasteiger partial charge in [-0.1, -0.05) is 39.3 Å². The minimum Gasteiger partial charge on any atom is -0.465 e. The number of rotatable bonds is 13. The van der Waals surface area contributed by atoms with Crippen molar-refractivity contribution in [3.8, 4) is 0 Å². The summed E-state index contributed by atoms with van der Waals surface area (Å²) in [6.45, 7) is 16.0. The SMILES string of the molecule is C=CCCOC(=O)[C@@H]1[C@H]2C(=O)N([C@@H](CO)C(C)C)C(C(=O)N(CC=C)C(C)CCC)C23CC[C@H]1S3. The number of hydrogen-bond donors (Lipinski definition) is 1. The lowest BCUT2D eigenvalue weighted by Crippen LogP contribution is -2.59. The van der Waals surface area contributed by atoms with Gasteiger partial charge in [0.2, 0.25) is 11.8 Å². The van der Waals surface area contributed by atoms with Crippen molar-refractivity contribution in [2.45, 2.75) is 87.9 Å². The third-order valence-corrected chi connectivity index (χ3v) is 9.92. The summed E-state index contributed by atoms with van der Waals surface area (Å²) in [6, 6.07) is -1.23. The van der Waals surface area contributed by atoms with Crippen molar-refractivity contribution in [3.63, 3.8) is 0 Å². The lowest BCUT2D eigenvalue weighted by Gasteiger charge is -2.42. The second kappa shape index (κ2) is 11.5. The smallest absolute Gasteiger partial charge is 0.310 e. The van der Waals surface area contributed by atoms with Gasteiger partial charge in [-0.2, -0.15) is 0 Å². The summed E-state index contributed by atoms with van der Waals surface area (Å²) in [5.41, 5.74) is 0. The molecule has 3 saturated heterocycles. The molecule has 2 bridgehead atoms. The molecule has 3 rings (SSSR count). The minimum atomic E-state index is -0.722. The fraction of sp³-hybridized carbons (Fsp3) is 0.741. The van der Waals surface area contributed by atoms with E-state index >= 15 is 0 Å². The third kappa shape index (κ3) is 4.80. The van der Waals surface area contributed by atoms with E-state index in [1.807, 2.05) is 25.7 Å². The summed E-state index contributed by atoms with van der Waals surface area (Å²) in [4.78, 5) is 45.1. The number of carbonyl (C=O) groups is 3. The topological polar surface area (TPSA) is 87.1 Å². The molecule has 0 aromatic rings. The van der Waals surface area contributed by atoms with Gasteiger partial charge in [-0.25, -0.2) is 0 Å². The second-order valence-electron chi connectivity index (χ2n) is 10.5. The zero-order valence-corrected chi connectivity index (χ0v) is 22.5. The van der Waals surface area contributed by atoms with E-state index in [1.54, 1.807) is 28.8 Å². The van der Waals surface area contributed by atoms with Gasteiger partial charge < -0.3 is 19.6 Å². The van der Waals surface area contributed by atoms with Crippen molar-refractivity contribution in [2.75, 3.05) is 19.8 Å². The lowest BCUT2D eigenvalue weighted by molar-refractivity contribution is -0.154. The Morgan fingerprint density at radius 2 is 2.03 bits per heavy atom. The van der Waals surface area contributed by atoms with E-state index in [4.69, 9.17) is 4.74 Å². The van der Waals surface area contributed by atoms with E-state index in [9.17, 15) is 19.5 Å². The molecule has 3 heterocycles. The molecule has 0 aromatic heterocycles. The highest BCUT2D eigenvalue weighted by atomic mass is 32.2. The first-order valence-corrected chi connectivity index (χ1v) is 13.9. The molecule has 0 saturated carbocycles. The summed E-state index contributed by atoms with van der Waals surface area (Å²) >= 11 is 1.63. The molecular weight excluding hydrogens is 464 g/mol. The van der Waals surface area contributed by atoms with Gasteiger partial charge in [-0.15, -0.1) is 24.9 Å². The van der Waals surface area contributed by atoms with Crippen molar-refractivity contribution < 1.29 is 24.2 Å². The van der Waals surface area contributed by atoms with Crippen molar-refractivity contribution >= 4 is 29.5 Å². The zero-order chi connectivity index (χ0) is 25.9. The van der Waals surface area contributed by atoms with Gasteiger partial charge in [0.05, 0.1) is 35.8 Å². The molecular formula is C27H42N2O5S. The Hall–Kier alpha value is -1.80. The first-order chi connectivity index (χ1) is 16.7. The first-order valence-electron chi connectivity index (χ1n) is 13.0. The lowest BCUT2D eigenvalue weighted by atomic mass is 9.71. The average molecular weight is 507 g/mol. The van der Waals surface area contributed by atoms with E-state index in [1.165, 1.54) is 0 Å². The van der Waals surface area contributed by atoms with Crippen LogP contribution in [0.2, 0.25) is 0 Å². The number of aliphatic hydroxyl groups excluding tert-OH is 1. The van der Waals surface area contributed by atoms with Crippen LogP contribution in [0.5, 0.6) is 0 Å². The van der Waals surface area contributed by atoms with Crippen molar-refractivity contribution in [1.29, 1.82) is 0 Å². The molecule has 3 fully saturated rings. The van der Waals surface area contributed by atoms with E-state index in [-0.39, 0.29) is 48.2 Å². The number of ether oxygens (including phenoxy) is 1. The maximum absolute atomic E-state index is 14.3.